The number of nitrogens with one attached hydrogen (secondary N) is 1. The number of rotatable bonds is 1. The van der Waals surface area contributed by atoms with Crippen molar-refractivity contribution in [3.63, 3.8) is 0 Å². The average molecular weight is 170 g/mol. The summed E-state index contributed by atoms with van der Waals surface area (Å²) in [6, 6.07) is 0.166. The molecule has 3 N–H and O–H groups in total. The van der Waals surface area contributed by atoms with Gasteiger partial charge in [0.15, 0.2) is 0 Å². The first-order valence-corrected chi connectivity index (χ1v) is 4.30. The molecule has 1 aliphatic rings. The maximum Gasteiger partial charge on any atom is 0.309 e. The van der Waals surface area contributed by atoms with E-state index in [0.29, 0.717) is 0 Å². The van der Waals surface area contributed by atoms with Crippen LogP contribution in [0.5, 0.6) is 0 Å². The Hall–Kier alpha value is -1.06. The summed E-state index contributed by atoms with van der Waals surface area (Å²) >= 11 is 0. The van der Waals surface area contributed by atoms with E-state index in [0.717, 1.165) is 25.7 Å². The summed E-state index contributed by atoms with van der Waals surface area (Å²) in [4.78, 5) is 21.2. The highest BCUT2D eigenvalue weighted by molar-refractivity contribution is 6.34. The predicted octanol–water partition coefficient (Wildman–Crippen LogP) is -0.0794. The molecule has 0 spiro atoms. The highest BCUT2D eigenvalue weighted by Crippen LogP contribution is 2.16. The summed E-state index contributed by atoms with van der Waals surface area (Å²) in [5, 5.41) is 2.60. The van der Waals surface area contributed by atoms with Crippen LogP contribution in [0, 0.1) is 0 Å². The molecule has 1 saturated carbocycles. The number of nitrogens with two attached hydrogens (primary N) is 1. The van der Waals surface area contributed by atoms with Crippen LogP contribution in [-0.2, 0) is 9.59 Å². The number of hydrogen-bond donors (Lipinski definition) is 2. The monoisotopic (exact) mass is 170 g/mol. The zero-order valence-corrected chi connectivity index (χ0v) is 7.01. The zero-order chi connectivity index (χ0) is 8.97. The van der Waals surface area contributed by atoms with Crippen LogP contribution in [0.25, 0.3) is 0 Å². The van der Waals surface area contributed by atoms with E-state index in [4.69, 9.17) is 5.73 Å². The van der Waals surface area contributed by atoms with E-state index in [1.807, 2.05) is 0 Å². The van der Waals surface area contributed by atoms with E-state index in [2.05, 4.69) is 5.32 Å². The molecule has 1 rings (SSSR count). The molecule has 0 heterocycles. The molecular formula is C8H14N2O2. The lowest BCUT2D eigenvalue weighted by molar-refractivity contribution is -0.137. The number of primary amides is 1. The topological polar surface area (TPSA) is 72.2 Å². The Balaban J connectivity index is 2.29. The van der Waals surface area contributed by atoms with Gasteiger partial charge in [-0.3, -0.25) is 9.59 Å². The lowest BCUT2D eigenvalue weighted by atomic mass is 9.95. The lowest BCUT2D eigenvalue weighted by Gasteiger charge is -2.21. The van der Waals surface area contributed by atoms with Gasteiger partial charge in [-0.05, 0) is 12.8 Å². The van der Waals surface area contributed by atoms with Gasteiger partial charge in [-0.2, -0.15) is 0 Å². The highest BCUT2D eigenvalue weighted by Gasteiger charge is 2.17. The van der Waals surface area contributed by atoms with Gasteiger partial charge in [-0.15, -0.1) is 0 Å². The van der Waals surface area contributed by atoms with Crippen molar-refractivity contribution in [2.45, 2.75) is 38.1 Å². The maximum atomic E-state index is 10.8. The van der Waals surface area contributed by atoms with Gasteiger partial charge in [-0.25, -0.2) is 0 Å². The molecule has 0 saturated heterocycles. The molecule has 0 aromatic heterocycles. The van der Waals surface area contributed by atoms with Gasteiger partial charge >= 0.3 is 11.8 Å². The van der Waals surface area contributed by atoms with E-state index in [1.54, 1.807) is 0 Å². The SMILES string of the molecule is NC(=O)C(=O)NC1CCCCC1. The molecule has 0 bridgehead atoms. The van der Waals surface area contributed by atoms with E-state index in [9.17, 15) is 9.59 Å². The second kappa shape index (κ2) is 4.09. The van der Waals surface area contributed by atoms with Crippen molar-refractivity contribution >= 4 is 11.8 Å². The van der Waals surface area contributed by atoms with Crippen molar-refractivity contribution in [2.24, 2.45) is 5.73 Å². The minimum atomic E-state index is -0.888. The molecule has 1 aliphatic carbocycles. The van der Waals surface area contributed by atoms with Crippen molar-refractivity contribution in [3.05, 3.63) is 0 Å². The van der Waals surface area contributed by atoms with E-state index in [1.165, 1.54) is 6.42 Å². The summed E-state index contributed by atoms with van der Waals surface area (Å²) in [6.45, 7) is 0. The molecule has 0 atom stereocenters. The Kier molecular flexibility index (Phi) is 3.08. The first kappa shape index (κ1) is 9.03. The molecule has 2 amide bonds. The van der Waals surface area contributed by atoms with Crippen molar-refractivity contribution < 1.29 is 9.59 Å². The molecule has 1 fully saturated rings. The van der Waals surface area contributed by atoms with Gasteiger partial charge in [-0.1, -0.05) is 19.3 Å². The second-order valence-electron chi connectivity index (χ2n) is 3.17. The van der Waals surface area contributed by atoms with E-state index < -0.39 is 11.8 Å². The van der Waals surface area contributed by atoms with Crippen LogP contribution in [0.1, 0.15) is 32.1 Å². The van der Waals surface area contributed by atoms with Crippen LogP contribution in [0.15, 0.2) is 0 Å². The molecular weight excluding hydrogens is 156 g/mol. The molecule has 0 aromatic carbocycles. The minimum Gasteiger partial charge on any atom is -0.361 e. The Morgan fingerprint density at radius 3 is 2.25 bits per heavy atom. The third-order valence-electron chi connectivity index (χ3n) is 2.16. The fourth-order valence-corrected chi connectivity index (χ4v) is 1.50. The minimum absolute atomic E-state index is 0.166. The van der Waals surface area contributed by atoms with Crippen LogP contribution < -0.4 is 11.1 Å². The van der Waals surface area contributed by atoms with Gasteiger partial charge < -0.3 is 11.1 Å². The normalized spacial score (nSPS) is 18.7. The van der Waals surface area contributed by atoms with Gasteiger partial charge in [0.05, 0.1) is 0 Å². The third kappa shape index (κ3) is 2.53. The molecule has 0 aromatic rings. The Morgan fingerprint density at radius 2 is 1.75 bits per heavy atom. The van der Waals surface area contributed by atoms with Crippen LogP contribution in [-0.4, -0.2) is 17.9 Å². The van der Waals surface area contributed by atoms with Crippen molar-refractivity contribution in [1.29, 1.82) is 0 Å². The Bertz CT molecular complexity index is 185. The largest absolute Gasteiger partial charge is 0.361 e. The summed E-state index contributed by atoms with van der Waals surface area (Å²) in [5.41, 5.74) is 4.80. The summed E-state index contributed by atoms with van der Waals surface area (Å²) in [7, 11) is 0. The molecule has 12 heavy (non-hydrogen) atoms. The quantitative estimate of drug-likeness (QED) is 0.540. The van der Waals surface area contributed by atoms with Crippen molar-refractivity contribution in [3.8, 4) is 0 Å². The third-order valence-corrected chi connectivity index (χ3v) is 2.16. The number of carbonyl (C=O) groups excluding carboxylic acids is 2. The Morgan fingerprint density at radius 1 is 1.17 bits per heavy atom. The fourth-order valence-electron chi connectivity index (χ4n) is 1.50. The Labute approximate surface area is 71.5 Å². The standard InChI is InChI=1S/C8H14N2O2/c9-7(11)8(12)10-6-4-2-1-3-5-6/h6H,1-5H2,(H2,9,11)(H,10,12). The first-order valence-electron chi connectivity index (χ1n) is 4.30. The molecule has 68 valence electrons. The highest BCUT2D eigenvalue weighted by atomic mass is 16.2. The average Bonchev–Trinajstić information content (AvgIpc) is 2.06. The number of hydrogen-bond acceptors (Lipinski definition) is 2. The van der Waals surface area contributed by atoms with Gasteiger partial charge in [0.2, 0.25) is 0 Å². The fraction of sp³-hybridized carbons (Fsp3) is 0.750. The molecule has 0 unspecified atom stereocenters. The zero-order valence-electron chi connectivity index (χ0n) is 7.01. The van der Waals surface area contributed by atoms with Gasteiger partial charge in [0.1, 0.15) is 0 Å². The molecule has 4 heteroatoms. The van der Waals surface area contributed by atoms with E-state index >= 15 is 0 Å². The molecule has 4 nitrogen and oxygen atoms in total. The summed E-state index contributed by atoms with van der Waals surface area (Å²) < 4.78 is 0. The molecule has 0 aliphatic heterocycles. The van der Waals surface area contributed by atoms with Crippen LogP contribution in [0.3, 0.4) is 0 Å². The lowest BCUT2D eigenvalue weighted by Crippen LogP contribution is -2.43. The van der Waals surface area contributed by atoms with E-state index in [-0.39, 0.29) is 6.04 Å². The number of amides is 2. The maximum absolute atomic E-state index is 10.8. The van der Waals surface area contributed by atoms with Gasteiger partial charge in [0, 0.05) is 6.04 Å². The van der Waals surface area contributed by atoms with Crippen LogP contribution in [0.4, 0.5) is 0 Å². The van der Waals surface area contributed by atoms with Gasteiger partial charge in [0.25, 0.3) is 0 Å². The predicted molar refractivity (Wildman–Crippen MR) is 44.2 cm³/mol. The van der Waals surface area contributed by atoms with Crippen LogP contribution >= 0.6 is 0 Å². The van der Waals surface area contributed by atoms with Crippen LogP contribution in [0.2, 0.25) is 0 Å². The smallest absolute Gasteiger partial charge is 0.309 e. The van der Waals surface area contributed by atoms with Crippen molar-refractivity contribution in [1.82, 2.24) is 5.32 Å². The van der Waals surface area contributed by atoms with Crippen molar-refractivity contribution in [2.75, 3.05) is 0 Å². The summed E-state index contributed by atoms with van der Waals surface area (Å²) in [5.74, 6) is -1.54. The second-order valence-corrected chi connectivity index (χ2v) is 3.17. The molecule has 0 radical (unpaired) electrons. The summed E-state index contributed by atoms with van der Waals surface area (Å²) in [6.07, 6.45) is 5.42. The first-order chi connectivity index (χ1) is 5.70. The number of carbonyl (C=O) groups is 2.